The van der Waals surface area contributed by atoms with Crippen LogP contribution in [0.3, 0.4) is 0 Å². The van der Waals surface area contributed by atoms with Gasteiger partial charge in [-0.3, -0.25) is 0 Å². The van der Waals surface area contributed by atoms with Gasteiger partial charge in [-0.1, -0.05) is 13.8 Å². The predicted octanol–water partition coefficient (Wildman–Crippen LogP) is -3.56. The van der Waals surface area contributed by atoms with Crippen LogP contribution in [0.5, 0.6) is 0 Å². The van der Waals surface area contributed by atoms with Crippen molar-refractivity contribution in [1.82, 2.24) is 0 Å². The van der Waals surface area contributed by atoms with E-state index in [-0.39, 0.29) is 42.1 Å². The van der Waals surface area contributed by atoms with Crippen molar-refractivity contribution < 1.29 is 58.8 Å². The second-order valence-corrected chi connectivity index (χ2v) is 4.16. The number of hydrogen-bond acceptors (Lipinski definition) is 6. The predicted molar refractivity (Wildman–Crippen MR) is 49.0 cm³/mol. The molecule has 2 heterocycles. The van der Waals surface area contributed by atoms with Crippen molar-refractivity contribution in [2.75, 3.05) is 6.61 Å². The first-order valence-corrected chi connectivity index (χ1v) is 5.09. The summed E-state index contributed by atoms with van der Waals surface area (Å²) in [6.07, 6.45) is -2.11. The zero-order valence-electron chi connectivity index (χ0n) is 10.0. The van der Waals surface area contributed by atoms with Crippen molar-refractivity contribution in [2.24, 2.45) is 5.92 Å². The Balaban J connectivity index is 0.00000144. The van der Waals surface area contributed by atoms with E-state index < -0.39 is 36.0 Å². The molecule has 0 aromatic heterocycles. The molecule has 3 atom stereocenters. The van der Waals surface area contributed by atoms with Gasteiger partial charge in [-0.2, -0.15) is 0 Å². The molecule has 1 fully saturated rings. The Morgan fingerprint density at radius 1 is 1.47 bits per heavy atom. The molecule has 2 aliphatic rings. The van der Waals surface area contributed by atoms with Crippen LogP contribution in [0.15, 0.2) is 11.5 Å². The number of aliphatic hydroxyl groups excluding tert-OH is 1. The quantitative estimate of drug-likeness (QED) is 0.404. The van der Waals surface area contributed by atoms with E-state index in [0.717, 1.165) is 0 Å². The molecule has 90 valence electrons. The summed E-state index contributed by atoms with van der Waals surface area (Å²) in [5, 5.41) is 20.5. The number of carbonyl (C=O) groups excluding carboxylic acids is 1. The van der Waals surface area contributed by atoms with Crippen LogP contribution in [0.2, 0.25) is 0 Å². The van der Waals surface area contributed by atoms with Gasteiger partial charge in [0.25, 0.3) is 0 Å². The van der Waals surface area contributed by atoms with Gasteiger partial charge >= 0.3 is 35.5 Å². The Kier molecular flexibility index (Phi) is 4.86. The molecule has 0 spiro atoms. The van der Waals surface area contributed by atoms with Crippen LogP contribution in [0, 0.1) is 5.92 Å². The zero-order chi connectivity index (χ0) is 11.9. The van der Waals surface area contributed by atoms with Gasteiger partial charge in [0.05, 0.1) is 6.61 Å². The van der Waals surface area contributed by atoms with Gasteiger partial charge in [-0.15, -0.1) is 0 Å². The Bertz CT molecular complexity index is 340. The van der Waals surface area contributed by atoms with Crippen LogP contribution in [-0.4, -0.2) is 36.2 Å². The van der Waals surface area contributed by atoms with E-state index in [1.54, 1.807) is 0 Å². The van der Waals surface area contributed by atoms with Gasteiger partial charge in [-0.05, 0) is 5.76 Å². The maximum Gasteiger partial charge on any atom is 1.00 e. The molecule has 2 rings (SSSR count). The fourth-order valence-corrected chi connectivity index (χ4v) is 1.65. The van der Waals surface area contributed by atoms with Gasteiger partial charge in [0.1, 0.15) is 12.2 Å². The van der Waals surface area contributed by atoms with Crippen molar-refractivity contribution >= 4 is 5.97 Å². The van der Waals surface area contributed by atoms with E-state index in [0.29, 0.717) is 0 Å². The molecule has 17 heavy (non-hydrogen) atoms. The van der Waals surface area contributed by atoms with Gasteiger partial charge in [0.15, 0.2) is 12.0 Å². The number of cyclic esters (lactones) is 1. The molecule has 0 aliphatic carbocycles. The number of ether oxygens (including phenoxy) is 3. The fraction of sp³-hybridized carbons (Fsp3) is 0.700. The molecule has 0 aromatic carbocycles. The van der Waals surface area contributed by atoms with Crippen LogP contribution >= 0.6 is 0 Å². The van der Waals surface area contributed by atoms with E-state index in [9.17, 15) is 9.90 Å². The molecule has 0 aromatic rings. The molecule has 6 nitrogen and oxygen atoms in total. The van der Waals surface area contributed by atoms with E-state index in [2.05, 4.69) is 0 Å². The number of aliphatic hydroxyl groups is 1. The third kappa shape index (κ3) is 2.77. The average Bonchev–Trinajstić information content (AvgIpc) is 2.79. The normalized spacial score (nSPS) is 32.9. The Labute approximate surface area is 121 Å². The van der Waals surface area contributed by atoms with Crippen LogP contribution in [-0.2, 0) is 19.0 Å². The summed E-state index contributed by atoms with van der Waals surface area (Å²) in [6, 6.07) is 0. The summed E-state index contributed by atoms with van der Waals surface area (Å²) in [5.74, 6) is -2.44. The summed E-state index contributed by atoms with van der Waals surface area (Å²) in [4.78, 5) is 10.9. The van der Waals surface area contributed by atoms with Crippen LogP contribution < -0.4 is 34.7 Å². The molecule has 0 saturated carbocycles. The largest absolute Gasteiger partial charge is 1.00 e. The SMILES string of the molecule is CC(C)C1OCC(C2OC(=O)C(O)=C2[O-])O1.[Na+]. The minimum absolute atomic E-state index is 0. The maximum absolute atomic E-state index is 11.4. The standard InChI is InChI=1S/C10H14O6.Na/c1-4(2)10-14-3-5(15-10)8-6(11)7(12)9(13)16-8;/h4-5,8,10-12H,3H2,1-2H3;/q;+1/p-1. The fourth-order valence-electron chi connectivity index (χ4n) is 1.65. The van der Waals surface area contributed by atoms with Crippen molar-refractivity contribution in [1.29, 1.82) is 0 Å². The molecule has 0 radical (unpaired) electrons. The summed E-state index contributed by atoms with van der Waals surface area (Å²) in [5.41, 5.74) is 0. The number of rotatable bonds is 2. The Morgan fingerprint density at radius 2 is 2.12 bits per heavy atom. The van der Waals surface area contributed by atoms with Crippen LogP contribution in [0.4, 0.5) is 0 Å². The number of esters is 1. The monoisotopic (exact) mass is 252 g/mol. The zero-order valence-corrected chi connectivity index (χ0v) is 12.0. The smallest absolute Gasteiger partial charge is 0.870 e. The minimum Gasteiger partial charge on any atom is -0.870 e. The number of hydrogen-bond donors (Lipinski definition) is 1. The molecule has 1 N–H and O–H groups in total. The van der Waals surface area contributed by atoms with Crippen molar-refractivity contribution in [3.8, 4) is 0 Å². The topological polar surface area (TPSA) is 88.1 Å². The summed E-state index contributed by atoms with van der Waals surface area (Å²) < 4.78 is 15.4. The first kappa shape index (κ1) is 14.8. The second kappa shape index (κ2) is 5.58. The second-order valence-electron chi connectivity index (χ2n) is 4.16. The molecule has 7 heteroatoms. The van der Waals surface area contributed by atoms with Crippen molar-refractivity contribution in [2.45, 2.75) is 32.3 Å². The third-order valence-electron chi connectivity index (χ3n) is 2.53. The molecule has 0 amide bonds. The first-order chi connectivity index (χ1) is 7.50. The first-order valence-electron chi connectivity index (χ1n) is 5.09. The van der Waals surface area contributed by atoms with Gasteiger partial charge in [-0.25, -0.2) is 4.79 Å². The van der Waals surface area contributed by atoms with Crippen molar-refractivity contribution in [3.63, 3.8) is 0 Å². The Morgan fingerprint density at radius 3 is 2.53 bits per heavy atom. The molecule has 0 bridgehead atoms. The molecule has 1 saturated heterocycles. The number of carbonyl (C=O) groups is 1. The van der Waals surface area contributed by atoms with Crippen LogP contribution in [0.25, 0.3) is 0 Å². The van der Waals surface area contributed by atoms with E-state index in [4.69, 9.17) is 19.3 Å². The molecule has 2 aliphatic heterocycles. The van der Waals surface area contributed by atoms with E-state index >= 15 is 0 Å². The van der Waals surface area contributed by atoms with E-state index in [1.807, 2.05) is 13.8 Å². The van der Waals surface area contributed by atoms with Crippen molar-refractivity contribution in [3.05, 3.63) is 11.5 Å². The van der Waals surface area contributed by atoms with Crippen LogP contribution in [0.1, 0.15) is 13.8 Å². The van der Waals surface area contributed by atoms with E-state index in [1.165, 1.54) is 0 Å². The Hall–Kier alpha value is -0.270. The minimum atomic E-state index is -1.07. The summed E-state index contributed by atoms with van der Waals surface area (Å²) in [7, 11) is 0. The van der Waals surface area contributed by atoms with Gasteiger partial charge < -0.3 is 24.4 Å². The summed E-state index contributed by atoms with van der Waals surface area (Å²) in [6.45, 7) is 4.01. The third-order valence-corrected chi connectivity index (χ3v) is 2.53. The molecular formula is C10H13NaO6. The molecule has 3 unspecified atom stereocenters. The molecular weight excluding hydrogens is 239 g/mol. The maximum atomic E-state index is 11.4. The van der Waals surface area contributed by atoms with Gasteiger partial charge in [0.2, 0.25) is 0 Å². The average molecular weight is 252 g/mol. The summed E-state index contributed by atoms with van der Waals surface area (Å²) >= 11 is 0. The van der Waals surface area contributed by atoms with Gasteiger partial charge in [0, 0.05) is 5.92 Å².